The maximum atomic E-state index is 13.7. The number of fused-ring (bicyclic) bond motifs is 1. The van der Waals surface area contributed by atoms with Crippen LogP contribution in [0.1, 0.15) is 11.3 Å². The number of allylic oxidation sites excluding steroid dienone is 1. The van der Waals surface area contributed by atoms with Crippen molar-refractivity contribution in [2.75, 3.05) is 37.6 Å². The molecule has 1 saturated heterocycles. The number of rotatable bonds is 3. The van der Waals surface area contributed by atoms with Gasteiger partial charge < -0.3 is 10.2 Å². The van der Waals surface area contributed by atoms with Gasteiger partial charge in [-0.15, -0.1) is 0 Å². The Morgan fingerprint density at radius 3 is 2.62 bits per heavy atom. The highest BCUT2D eigenvalue weighted by atomic mass is 19.2. The zero-order valence-corrected chi connectivity index (χ0v) is 15.7. The lowest BCUT2D eigenvalue weighted by atomic mass is 10.00. The summed E-state index contributed by atoms with van der Waals surface area (Å²) in [6.45, 7) is 4.26. The quantitative estimate of drug-likeness (QED) is 0.745. The second-order valence-electron chi connectivity index (χ2n) is 7.10. The highest BCUT2D eigenvalue weighted by molar-refractivity contribution is 6.32. The van der Waals surface area contributed by atoms with Gasteiger partial charge in [0.05, 0.1) is 40.9 Å². The van der Waals surface area contributed by atoms with Crippen LogP contribution in [0.15, 0.2) is 53.7 Å². The minimum absolute atomic E-state index is 0.489. The minimum Gasteiger partial charge on any atom is -0.368 e. The van der Waals surface area contributed by atoms with Crippen molar-refractivity contribution in [1.29, 1.82) is 0 Å². The molecule has 29 heavy (non-hydrogen) atoms. The number of anilines is 1. The molecular formula is C22H19F2N5. The predicted molar refractivity (Wildman–Crippen MR) is 110 cm³/mol. The highest BCUT2D eigenvalue weighted by Crippen LogP contribution is 2.27. The van der Waals surface area contributed by atoms with Crippen LogP contribution in [0.4, 0.5) is 14.5 Å². The van der Waals surface area contributed by atoms with Gasteiger partial charge in [0.15, 0.2) is 11.6 Å². The van der Waals surface area contributed by atoms with E-state index in [1.807, 2.05) is 24.4 Å². The van der Waals surface area contributed by atoms with Gasteiger partial charge in [-0.25, -0.2) is 13.8 Å². The molecule has 2 aliphatic heterocycles. The van der Waals surface area contributed by atoms with Crippen LogP contribution in [-0.4, -0.2) is 48.4 Å². The number of aromatic nitrogens is 2. The molecule has 5 nitrogen and oxygen atoms in total. The fourth-order valence-electron chi connectivity index (χ4n) is 3.77. The molecule has 3 aromatic rings. The Hall–Kier alpha value is -3.19. The van der Waals surface area contributed by atoms with E-state index in [-0.39, 0.29) is 0 Å². The lowest BCUT2D eigenvalue weighted by Gasteiger charge is -2.29. The summed E-state index contributed by atoms with van der Waals surface area (Å²) < 4.78 is 27.0. The number of nitrogens with zero attached hydrogens (tertiary/aromatic N) is 4. The third kappa shape index (κ3) is 3.38. The van der Waals surface area contributed by atoms with Gasteiger partial charge in [0, 0.05) is 37.3 Å². The van der Waals surface area contributed by atoms with Crippen molar-refractivity contribution in [3.63, 3.8) is 0 Å². The molecule has 1 fully saturated rings. The standard InChI is InChI=1S/C22H19F2N5/c23-17-2-1-14(11-18(17)24)22-16(5-6-26-22)19-3-4-20-21(28-19)12-15(13-27-20)29-9-7-25-8-10-29/h1-5,11-13,25H,6-10H2. The van der Waals surface area contributed by atoms with Crippen molar-refractivity contribution in [2.24, 2.45) is 4.99 Å². The molecule has 0 spiro atoms. The molecule has 0 unspecified atom stereocenters. The van der Waals surface area contributed by atoms with Gasteiger partial charge in [0.1, 0.15) is 0 Å². The molecule has 0 radical (unpaired) electrons. The van der Waals surface area contributed by atoms with Gasteiger partial charge >= 0.3 is 0 Å². The Balaban J connectivity index is 1.50. The molecule has 0 bridgehead atoms. The summed E-state index contributed by atoms with van der Waals surface area (Å²) in [6.07, 6.45) is 3.84. The number of benzene rings is 1. The van der Waals surface area contributed by atoms with E-state index in [4.69, 9.17) is 4.98 Å². The van der Waals surface area contributed by atoms with Crippen molar-refractivity contribution in [2.45, 2.75) is 0 Å². The van der Waals surface area contributed by atoms with Gasteiger partial charge in [-0.3, -0.25) is 9.98 Å². The zero-order valence-electron chi connectivity index (χ0n) is 15.7. The molecule has 4 heterocycles. The van der Waals surface area contributed by atoms with Crippen molar-refractivity contribution >= 4 is 28.0 Å². The van der Waals surface area contributed by atoms with E-state index in [2.05, 4.69) is 26.3 Å². The summed E-state index contributed by atoms with van der Waals surface area (Å²) in [6, 6.07) is 9.73. The summed E-state index contributed by atoms with van der Waals surface area (Å²) in [5, 5.41) is 3.35. The Morgan fingerprint density at radius 2 is 1.79 bits per heavy atom. The first-order valence-electron chi connectivity index (χ1n) is 9.62. The van der Waals surface area contributed by atoms with Crippen molar-refractivity contribution in [1.82, 2.24) is 15.3 Å². The molecular weight excluding hydrogens is 372 g/mol. The van der Waals surface area contributed by atoms with Crippen molar-refractivity contribution in [3.8, 4) is 0 Å². The fourth-order valence-corrected chi connectivity index (χ4v) is 3.77. The lowest BCUT2D eigenvalue weighted by Crippen LogP contribution is -2.43. The summed E-state index contributed by atoms with van der Waals surface area (Å²) >= 11 is 0. The Bertz CT molecular complexity index is 1150. The van der Waals surface area contributed by atoms with E-state index < -0.39 is 11.6 Å². The summed E-state index contributed by atoms with van der Waals surface area (Å²) in [4.78, 5) is 16.1. The van der Waals surface area contributed by atoms with Crippen molar-refractivity contribution < 1.29 is 8.78 Å². The maximum absolute atomic E-state index is 13.7. The SMILES string of the molecule is Fc1ccc(C2=NCC=C2c2ccc3ncc(N4CCNCC4)cc3n2)cc1F. The number of hydrogen-bond acceptors (Lipinski definition) is 5. The van der Waals surface area contributed by atoms with Gasteiger partial charge in [0.2, 0.25) is 0 Å². The molecule has 2 aliphatic rings. The highest BCUT2D eigenvalue weighted by Gasteiger charge is 2.19. The summed E-state index contributed by atoms with van der Waals surface area (Å²) in [7, 11) is 0. The Kier molecular flexibility index (Phi) is 4.52. The Morgan fingerprint density at radius 1 is 0.931 bits per heavy atom. The summed E-state index contributed by atoms with van der Waals surface area (Å²) in [5.41, 5.74) is 5.42. The second-order valence-corrected chi connectivity index (χ2v) is 7.10. The normalized spacial score (nSPS) is 16.8. The molecule has 146 valence electrons. The molecule has 2 aromatic heterocycles. The van der Waals surface area contributed by atoms with E-state index in [0.29, 0.717) is 17.8 Å². The number of nitrogens with one attached hydrogen (secondary N) is 1. The second kappa shape index (κ2) is 7.33. The molecule has 7 heteroatoms. The smallest absolute Gasteiger partial charge is 0.159 e. The molecule has 0 amide bonds. The third-order valence-electron chi connectivity index (χ3n) is 5.27. The first kappa shape index (κ1) is 17.9. The lowest BCUT2D eigenvalue weighted by molar-refractivity contribution is 0.508. The number of hydrogen-bond donors (Lipinski definition) is 1. The molecule has 0 saturated carbocycles. The van der Waals surface area contributed by atoms with Crippen LogP contribution in [0.3, 0.4) is 0 Å². The van der Waals surface area contributed by atoms with Gasteiger partial charge in [-0.1, -0.05) is 6.08 Å². The van der Waals surface area contributed by atoms with Crippen LogP contribution >= 0.6 is 0 Å². The number of halogens is 2. The van der Waals surface area contributed by atoms with E-state index in [1.54, 1.807) is 6.07 Å². The molecule has 5 rings (SSSR count). The monoisotopic (exact) mass is 391 g/mol. The van der Waals surface area contributed by atoms with Crippen LogP contribution in [0.25, 0.3) is 16.6 Å². The van der Waals surface area contributed by atoms with Gasteiger partial charge in [-0.2, -0.15) is 0 Å². The fraction of sp³-hybridized carbons (Fsp3) is 0.227. The van der Waals surface area contributed by atoms with Crippen LogP contribution in [0.5, 0.6) is 0 Å². The molecule has 1 aromatic carbocycles. The number of piperazine rings is 1. The van der Waals surface area contributed by atoms with Crippen LogP contribution in [0, 0.1) is 11.6 Å². The molecule has 1 N–H and O–H groups in total. The van der Waals surface area contributed by atoms with E-state index in [1.165, 1.54) is 6.07 Å². The van der Waals surface area contributed by atoms with E-state index in [9.17, 15) is 8.78 Å². The van der Waals surface area contributed by atoms with Gasteiger partial charge in [-0.05, 0) is 36.4 Å². The summed E-state index contributed by atoms with van der Waals surface area (Å²) in [5.74, 6) is -1.75. The zero-order chi connectivity index (χ0) is 19.8. The van der Waals surface area contributed by atoms with Crippen LogP contribution in [0.2, 0.25) is 0 Å². The topological polar surface area (TPSA) is 53.4 Å². The maximum Gasteiger partial charge on any atom is 0.159 e. The predicted octanol–water partition coefficient (Wildman–Crippen LogP) is 3.20. The average molecular weight is 391 g/mol. The number of aliphatic imine (C=N–C) groups is 1. The minimum atomic E-state index is -0.882. The van der Waals surface area contributed by atoms with Crippen LogP contribution in [-0.2, 0) is 0 Å². The first-order valence-corrected chi connectivity index (χ1v) is 9.62. The number of pyridine rings is 2. The van der Waals surface area contributed by atoms with E-state index in [0.717, 1.165) is 60.2 Å². The third-order valence-corrected chi connectivity index (χ3v) is 5.27. The van der Waals surface area contributed by atoms with E-state index >= 15 is 0 Å². The Labute approximate surface area is 166 Å². The molecule has 0 atom stereocenters. The van der Waals surface area contributed by atoms with Crippen molar-refractivity contribution in [3.05, 3.63) is 71.6 Å². The average Bonchev–Trinajstić information content (AvgIpc) is 3.25. The molecule has 0 aliphatic carbocycles. The first-order chi connectivity index (χ1) is 14.2. The van der Waals surface area contributed by atoms with Crippen LogP contribution < -0.4 is 10.2 Å². The largest absolute Gasteiger partial charge is 0.368 e. The van der Waals surface area contributed by atoms with Gasteiger partial charge in [0.25, 0.3) is 0 Å².